The second kappa shape index (κ2) is 10.0. The minimum atomic E-state index is -0.366. The summed E-state index contributed by atoms with van der Waals surface area (Å²) in [6.45, 7) is 1.10. The number of carbonyl (C=O) groups is 2. The summed E-state index contributed by atoms with van der Waals surface area (Å²) in [6.07, 6.45) is 3.40. The molecule has 0 atom stereocenters. The van der Waals surface area contributed by atoms with Crippen molar-refractivity contribution in [2.45, 2.75) is 0 Å². The number of rotatable bonds is 8. The van der Waals surface area contributed by atoms with Crippen LogP contribution in [-0.4, -0.2) is 36.3 Å². The van der Waals surface area contributed by atoms with Gasteiger partial charge in [-0.1, -0.05) is 30.3 Å². The van der Waals surface area contributed by atoms with E-state index in [0.717, 1.165) is 34.6 Å². The lowest BCUT2D eigenvalue weighted by Crippen LogP contribution is -2.24. The average Bonchev–Trinajstić information content (AvgIpc) is 3.12. The van der Waals surface area contributed by atoms with E-state index in [4.69, 9.17) is 9.47 Å². The highest BCUT2D eigenvalue weighted by Gasteiger charge is 2.24. The fraction of sp³-hybridized carbons (Fsp3) is 0.125. The Morgan fingerprint density at radius 3 is 2.50 bits per heavy atom. The first-order chi connectivity index (χ1) is 15.6. The molecule has 0 aliphatic carbocycles. The molecule has 7 nitrogen and oxygen atoms in total. The molecule has 4 rings (SSSR count). The van der Waals surface area contributed by atoms with Gasteiger partial charge in [0.25, 0.3) is 11.1 Å². The summed E-state index contributed by atoms with van der Waals surface area (Å²) in [5, 5.41) is 1.89. The van der Waals surface area contributed by atoms with Gasteiger partial charge in [0.1, 0.15) is 29.7 Å². The van der Waals surface area contributed by atoms with Crippen molar-refractivity contribution in [2.75, 3.05) is 25.1 Å². The van der Waals surface area contributed by atoms with Crippen LogP contribution in [0.2, 0.25) is 0 Å². The Balaban J connectivity index is 1.29. The summed E-state index contributed by atoms with van der Waals surface area (Å²) in [5.41, 5.74) is 0.821. The maximum absolute atomic E-state index is 11.6. The van der Waals surface area contributed by atoms with Crippen molar-refractivity contribution in [1.29, 1.82) is 0 Å². The number of imide groups is 1. The number of nitrogens with zero attached hydrogens (tertiary/aromatic N) is 2. The SMILES string of the molecule is CN(CCOc1ccc(/C=C2\SC(=O)NC2=O)cc1)c1cc(Oc2ccccc2)ccn1. The minimum Gasteiger partial charge on any atom is -0.492 e. The van der Waals surface area contributed by atoms with Gasteiger partial charge in [-0.3, -0.25) is 14.9 Å². The van der Waals surface area contributed by atoms with Gasteiger partial charge in [-0.2, -0.15) is 0 Å². The van der Waals surface area contributed by atoms with Crippen LogP contribution in [0.1, 0.15) is 5.56 Å². The van der Waals surface area contributed by atoms with Crippen molar-refractivity contribution in [2.24, 2.45) is 0 Å². The second-order valence-electron chi connectivity index (χ2n) is 6.96. The Morgan fingerprint density at radius 2 is 1.78 bits per heavy atom. The maximum Gasteiger partial charge on any atom is 0.290 e. The zero-order valence-corrected chi connectivity index (χ0v) is 18.2. The number of amides is 2. The number of likely N-dealkylation sites (N-methyl/N-ethyl adjacent to an activating group) is 1. The molecule has 2 aromatic carbocycles. The molecule has 162 valence electrons. The summed E-state index contributed by atoms with van der Waals surface area (Å²) >= 11 is 0.899. The van der Waals surface area contributed by atoms with E-state index in [1.807, 2.05) is 78.7 Å². The summed E-state index contributed by atoms with van der Waals surface area (Å²) < 4.78 is 11.7. The van der Waals surface area contributed by atoms with E-state index in [2.05, 4.69) is 10.3 Å². The number of anilines is 1. The summed E-state index contributed by atoms with van der Waals surface area (Å²) in [5.74, 6) is 2.62. The number of hydrogen-bond acceptors (Lipinski definition) is 7. The predicted molar refractivity (Wildman–Crippen MR) is 125 cm³/mol. The van der Waals surface area contributed by atoms with E-state index in [9.17, 15) is 9.59 Å². The molecule has 1 aromatic heterocycles. The summed E-state index contributed by atoms with van der Waals surface area (Å²) in [4.78, 5) is 29.6. The molecule has 1 saturated heterocycles. The molecule has 0 unspecified atom stereocenters. The molecule has 2 amide bonds. The zero-order valence-electron chi connectivity index (χ0n) is 17.4. The second-order valence-corrected chi connectivity index (χ2v) is 7.97. The minimum absolute atomic E-state index is 0.350. The third kappa shape index (κ3) is 5.67. The van der Waals surface area contributed by atoms with Crippen molar-refractivity contribution < 1.29 is 19.1 Å². The van der Waals surface area contributed by atoms with E-state index in [0.29, 0.717) is 23.8 Å². The molecule has 1 fully saturated rings. The largest absolute Gasteiger partial charge is 0.492 e. The highest BCUT2D eigenvalue weighted by atomic mass is 32.2. The van der Waals surface area contributed by atoms with Crippen molar-refractivity contribution in [3.8, 4) is 17.2 Å². The van der Waals surface area contributed by atoms with Crippen LogP contribution in [-0.2, 0) is 4.79 Å². The molecular formula is C24H21N3O4S. The number of thioether (sulfide) groups is 1. The smallest absolute Gasteiger partial charge is 0.290 e. The first-order valence-electron chi connectivity index (χ1n) is 9.95. The number of hydrogen-bond donors (Lipinski definition) is 1. The summed E-state index contributed by atoms with van der Waals surface area (Å²) in [6, 6.07) is 20.7. The first-order valence-corrected chi connectivity index (χ1v) is 10.8. The van der Waals surface area contributed by atoms with E-state index in [1.54, 1.807) is 12.3 Å². The van der Waals surface area contributed by atoms with Gasteiger partial charge < -0.3 is 14.4 Å². The Labute approximate surface area is 190 Å². The van der Waals surface area contributed by atoms with Gasteiger partial charge in [-0.05, 0) is 53.7 Å². The summed E-state index contributed by atoms with van der Waals surface area (Å²) in [7, 11) is 1.94. The van der Waals surface area contributed by atoms with Crippen LogP contribution in [0.5, 0.6) is 17.2 Å². The van der Waals surface area contributed by atoms with Crippen LogP contribution >= 0.6 is 11.8 Å². The topological polar surface area (TPSA) is 80.8 Å². The predicted octanol–water partition coefficient (Wildman–Crippen LogP) is 4.71. The molecule has 8 heteroatoms. The number of pyridine rings is 1. The molecule has 1 aliphatic rings. The Kier molecular flexibility index (Phi) is 6.72. The molecule has 0 radical (unpaired) electrons. The number of para-hydroxylation sites is 1. The van der Waals surface area contributed by atoms with Crippen molar-refractivity contribution in [1.82, 2.24) is 10.3 Å². The quantitative estimate of drug-likeness (QED) is 0.501. The molecule has 0 saturated carbocycles. The Bertz CT molecular complexity index is 1130. The number of nitrogens with one attached hydrogen (secondary N) is 1. The zero-order chi connectivity index (χ0) is 22.3. The third-order valence-electron chi connectivity index (χ3n) is 4.60. The van der Waals surface area contributed by atoms with Gasteiger partial charge in [-0.15, -0.1) is 0 Å². The van der Waals surface area contributed by atoms with Crippen molar-refractivity contribution >= 4 is 34.8 Å². The molecule has 2 heterocycles. The molecule has 0 bridgehead atoms. The number of carbonyl (C=O) groups excluding carboxylic acids is 2. The Morgan fingerprint density at radius 1 is 1.00 bits per heavy atom. The monoisotopic (exact) mass is 447 g/mol. The van der Waals surface area contributed by atoms with Crippen LogP contribution in [0.15, 0.2) is 77.8 Å². The lowest BCUT2D eigenvalue weighted by molar-refractivity contribution is -0.115. The lowest BCUT2D eigenvalue weighted by atomic mass is 10.2. The number of aromatic nitrogens is 1. The van der Waals surface area contributed by atoms with E-state index >= 15 is 0 Å². The van der Waals surface area contributed by atoms with Crippen molar-refractivity contribution in [3.63, 3.8) is 0 Å². The number of benzene rings is 2. The molecule has 0 spiro atoms. The standard InChI is InChI=1S/C24H21N3O4S/c1-27(22-16-20(11-12-25-22)31-19-5-3-2-4-6-19)13-14-30-18-9-7-17(8-10-18)15-21-23(28)26-24(29)32-21/h2-12,15-16H,13-14H2,1H3,(H,26,28,29)/b21-15-. The van der Waals surface area contributed by atoms with E-state index < -0.39 is 0 Å². The van der Waals surface area contributed by atoms with Crippen LogP contribution in [0.4, 0.5) is 10.6 Å². The first kappa shape index (κ1) is 21.5. The fourth-order valence-electron chi connectivity index (χ4n) is 2.94. The van der Waals surface area contributed by atoms with Crippen molar-refractivity contribution in [3.05, 3.63) is 83.4 Å². The highest BCUT2D eigenvalue weighted by Crippen LogP contribution is 2.26. The molecular weight excluding hydrogens is 426 g/mol. The van der Waals surface area contributed by atoms with E-state index in [-0.39, 0.29) is 11.1 Å². The molecule has 1 N–H and O–H groups in total. The van der Waals surface area contributed by atoms with Crippen LogP contribution < -0.4 is 19.7 Å². The fourth-order valence-corrected chi connectivity index (χ4v) is 3.63. The van der Waals surface area contributed by atoms with Crippen LogP contribution in [0, 0.1) is 0 Å². The van der Waals surface area contributed by atoms with E-state index in [1.165, 1.54) is 0 Å². The number of ether oxygens (including phenoxy) is 2. The molecule has 1 aliphatic heterocycles. The average molecular weight is 448 g/mol. The lowest BCUT2D eigenvalue weighted by Gasteiger charge is -2.19. The van der Waals surface area contributed by atoms with Gasteiger partial charge in [0.05, 0.1) is 11.4 Å². The van der Waals surface area contributed by atoms with Gasteiger partial charge in [0, 0.05) is 19.3 Å². The van der Waals surface area contributed by atoms with Gasteiger partial charge in [0.15, 0.2) is 0 Å². The van der Waals surface area contributed by atoms with Crippen LogP contribution in [0.3, 0.4) is 0 Å². The molecule has 32 heavy (non-hydrogen) atoms. The Hall–Kier alpha value is -3.78. The van der Waals surface area contributed by atoms with Gasteiger partial charge in [0.2, 0.25) is 0 Å². The van der Waals surface area contributed by atoms with Crippen LogP contribution in [0.25, 0.3) is 6.08 Å². The maximum atomic E-state index is 11.6. The highest BCUT2D eigenvalue weighted by molar-refractivity contribution is 8.18. The van der Waals surface area contributed by atoms with Gasteiger partial charge in [-0.25, -0.2) is 4.98 Å². The van der Waals surface area contributed by atoms with Gasteiger partial charge >= 0.3 is 0 Å². The third-order valence-corrected chi connectivity index (χ3v) is 5.41. The molecule has 3 aromatic rings. The normalized spacial score (nSPS) is 14.3.